The maximum Gasteiger partial charge on any atom is 0.229 e. The van der Waals surface area contributed by atoms with E-state index >= 15 is 0 Å². The topological polar surface area (TPSA) is 73.3 Å². The Morgan fingerprint density at radius 1 is 0.943 bits per heavy atom. The first-order valence-electron chi connectivity index (χ1n) is 13.0. The minimum atomic E-state index is -0.162. The van der Waals surface area contributed by atoms with Gasteiger partial charge in [-0.2, -0.15) is 4.98 Å². The summed E-state index contributed by atoms with van der Waals surface area (Å²) in [5.74, 6) is 2.03. The zero-order chi connectivity index (χ0) is 24.0. The van der Waals surface area contributed by atoms with Crippen LogP contribution in [0.1, 0.15) is 61.1 Å². The minimum Gasteiger partial charge on any atom is -0.393 e. The molecule has 2 heterocycles. The third-order valence-corrected chi connectivity index (χ3v) is 7.41. The van der Waals surface area contributed by atoms with Gasteiger partial charge in [-0.05, 0) is 87.7 Å². The normalized spacial score (nSPS) is 21.5. The number of nitrogens with one attached hydrogen (secondary N) is 2. The molecular weight excluding hydrogens is 434 g/mol. The minimum absolute atomic E-state index is 0.162. The van der Waals surface area contributed by atoms with Crippen molar-refractivity contribution in [2.75, 3.05) is 23.7 Å². The number of hydrogen-bond donors (Lipinski definition) is 3. The Balaban J connectivity index is 1.31. The number of aliphatic hydroxyl groups is 1. The van der Waals surface area contributed by atoms with Gasteiger partial charge in [0.1, 0.15) is 5.82 Å². The van der Waals surface area contributed by atoms with Gasteiger partial charge in [0.2, 0.25) is 5.95 Å². The van der Waals surface area contributed by atoms with Crippen LogP contribution < -0.4 is 10.6 Å². The van der Waals surface area contributed by atoms with E-state index in [1.165, 1.54) is 16.7 Å². The van der Waals surface area contributed by atoms with E-state index in [-0.39, 0.29) is 6.10 Å². The number of piperidine rings is 1. The monoisotopic (exact) mass is 471 g/mol. The lowest BCUT2D eigenvalue weighted by Crippen LogP contribution is -2.33. The SMILES string of the molecule is Cc1cccc(Nc2ncc(C3CCN(Cc4ccccc4)CC3)c(NC3CCC(O)CC3)n2)c1. The molecule has 2 fully saturated rings. The van der Waals surface area contributed by atoms with Gasteiger partial charge in [0.25, 0.3) is 0 Å². The Hall–Kier alpha value is -2.96. The number of likely N-dealkylation sites (tertiary alicyclic amines) is 1. The van der Waals surface area contributed by atoms with Gasteiger partial charge in [0, 0.05) is 30.0 Å². The van der Waals surface area contributed by atoms with Gasteiger partial charge in [-0.1, -0.05) is 42.5 Å². The Morgan fingerprint density at radius 2 is 1.71 bits per heavy atom. The predicted octanol–water partition coefficient (Wildman–Crippen LogP) is 5.62. The smallest absolute Gasteiger partial charge is 0.229 e. The predicted molar refractivity (Wildman–Crippen MR) is 142 cm³/mol. The van der Waals surface area contributed by atoms with Crippen LogP contribution >= 0.6 is 0 Å². The fourth-order valence-electron chi connectivity index (χ4n) is 5.37. The van der Waals surface area contributed by atoms with Crippen molar-refractivity contribution in [2.45, 2.75) is 70.1 Å². The van der Waals surface area contributed by atoms with E-state index in [2.05, 4.69) is 64.9 Å². The first-order valence-corrected chi connectivity index (χ1v) is 13.0. The average molecular weight is 472 g/mol. The molecule has 0 amide bonds. The molecule has 2 aliphatic rings. The van der Waals surface area contributed by atoms with E-state index in [1.807, 2.05) is 18.3 Å². The molecule has 5 rings (SSSR count). The number of aliphatic hydroxyl groups excluding tert-OH is 1. The van der Waals surface area contributed by atoms with Gasteiger partial charge in [-0.3, -0.25) is 4.90 Å². The van der Waals surface area contributed by atoms with E-state index in [4.69, 9.17) is 9.97 Å². The van der Waals surface area contributed by atoms with Gasteiger partial charge >= 0.3 is 0 Å². The summed E-state index contributed by atoms with van der Waals surface area (Å²) in [4.78, 5) is 12.2. The third kappa shape index (κ3) is 6.38. The molecule has 6 heteroatoms. The highest BCUT2D eigenvalue weighted by Gasteiger charge is 2.26. The molecule has 0 radical (unpaired) electrons. The van der Waals surface area contributed by atoms with Crippen LogP contribution in [0.4, 0.5) is 17.5 Å². The van der Waals surface area contributed by atoms with E-state index in [9.17, 15) is 5.11 Å². The Bertz CT molecular complexity index is 1090. The van der Waals surface area contributed by atoms with Crippen molar-refractivity contribution in [3.63, 3.8) is 0 Å². The van der Waals surface area contributed by atoms with Crippen LogP contribution in [-0.2, 0) is 6.54 Å². The summed E-state index contributed by atoms with van der Waals surface area (Å²) >= 11 is 0. The van der Waals surface area contributed by atoms with Gasteiger partial charge in [-0.25, -0.2) is 4.98 Å². The highest BCUT2D eigenvalue weighted by Crippen LogP contribution is 2.34. The van der Waals surface area contributed by atoms with E-state index in [0.717, 1.165) is 69.7 Å². The maximum absolute atomic E-state index is 9.94. The van der Waals surface area contributed by atoms with E-state index in [1.54, 1.807) is 0 Å². The lowest BCUT2D eigenvalue weighted by atomic mass is 9.89. The molecule has 6 nitrogen and oxygen atoms in total. The number of aromatic nitrogens is 2. The molecule has 184 valence electrons. The zero-order valence-electron chi connectivity index (χ0n) is 20.7. The van der Waals surface area contributed by atoms with Crippen LogP contribution in [0.2, 0.25) is 0 Å². The van der Waals surface area contributed by atoms with Crippen molar-refractivity contribution in [3.8, 4) is 0 Å². The van der Waals surface area contributed by atoms with E-state index < -0.39 is 0 Å². The van der Waals surface area contributed by atoms with Crippen LogP contribution in [0.5, 0.6) is 0 Å². The molecule has 3 aromatic rings. The molecule has 0 bridgehead atoms. The molecule has 3 N–H and O–H groups in total. The highest BCUT2D eigenvalue weighted by atomic mass is 16.3. The molecule has 0 unspecified atom stereocenters. The van der Waals surface area contributed by atoms with Gasteiger partial charge < -0.3 is 15.7 Å². The molecule has 1 aliphatic heterocycles. The number of hydrogen-bond acceptors (Lipinski definition) is 6. The fraction of sp³-hybridized carbons (Fsp3) is 0.448. The Kier molecular flexibility index (Phi) is 7.60. The molecule has 1 saturated heterocycles. The van der Waals surface area contributed by atoms with Crippen molar-refractivity contribution in [1.29, 1.82) is 0 Å². The number of nitrogens with zero attached hydrogens (tertiary/aromatic N) is 3. The van der Waals surface area contributed by atoms with Crippen molar-refractivity contribution >= 4 is 17.5 Å². The molecule has 1 aromatic heterocycles. The van der Waals surface area contributed by atoms with Gasteiger partial charge in [0.15, 0.2) is 0 Å². The van der Waals surface area contributed by atoms with Gasteiger partial charge in [0.05, 0.1) is 6.10 Å². The van der Waals surface area contributed by atoms with Crippen LogP contribution in [0.15, 0.2) is 60.8 Å². The summed E-state index contributed by atoms with van der Waals surface area (Å²) in [6, 6.07) is 19.4. The standard InChI is InChI=1S/C29H37N5O/c1-21-6-5-9-25(18-21)32-29-30-19-27(28(33-29)31-24-10-12-26(35)13-11-24)23-14-16-34(17-15-23)20-22-7-3-2-4-8-22/h2-9,18-19,23-24,26,35H,10-17,20H2,1H3,(H2,30,31,32,33). The van der Waals surface area contributed by atoms with Crippen LogP contribution in [-0.4, -0.2) is 45.2 Å². The first kappa shape index (κ1) is 23.8. The second-order valence-corrected chi connectivity index (χ2v) is 10.2. The molecular formula is C29H37N5O. The molecule has 35 heavy (non-hydrogen) atoms. The highest BCUT2D eigenvalue weighted by molar-refractivity contribution is 5.57. The summed E-state index contributed by atoms with van der Waals surface area (Å²) in [6.45, 7) is 5.26. The number of benzene rings is 2. The van der Waals surface area contributed by atoms with E-state index in [0.29, 0.717) is 17.9 Å². The lowest BCUT2D eigenvalue weighted by Gasteiger charge is -2.33. The van der Waals surface area contributed by atoms with Crippen molar-refractivity contribution in [3.05, 3.63) is 77.5 Å². The van der Waals surface area contributed by atoms with Crippen LogP contribution in [0.3, 0.4) is 0 Å². The maximum atomic E-state index is 9.94. The van der Waals surface area contributed by atoms with Crippen LogP contribution in [0, 0.1) is 6.92 Å². The first-order chi connectivity index (χ1) is 17.1. The summed E-state index contributed by atoms with van der Waals surface area (Å²) in [7, 11) is 0. The summed E-state index contributed by atoms with van der Waals surface area (Å²) in [5, 5.41) is 17.1. The van der Waals surface area contributed by atoms with Crippen LogP contribution in [0.25, 0.3) is 0 Å². The summed E-state index contributed by atoms with van der Waals surface area (Å²) < 4.78 is 0. The Morgan fingerprint density at radius 3 is 2.46 bits per heavy atom. The molecule has 0 atom stereocenters. The lowest BCUT2D eigenvalue weighted by molar-refractivity contribution is 0.126. The zero-order valence-corrected chi connectivity index (χ0v) is 20.7. The summed E-state index contributed by atoms with van der Waals surface area (Å²) in [6.07, 6.45) is 7.74. The quantitative estimate of drug-likeness (QED) is 0.415. The largest absolute Gasteiger partial charge is 0.393 e. The van der Waals surface area contributed by atoms with Crippen molar-refractivity contribution in [2.24, 2.45) is 0 Å². The second-order valence-electron chi connectivity index (χ2n) is 10.2. The second kappa shape index (κ2) is 11.2. The number of aryl methyl sites for hydroxylation is 1. The molecule has 2 aromatic carbocycles. The molecule has 0 spiro atoms. The number of anilines is 3. The third-order valence-electron chi connectivity index (χ3n) is 7.41. The summed E-state index contributed by atoms with van der Waals surface area (Å²) in [5.41, 5.74) is 4.81. The molecule has 1 aliphatic carbocycles. The van der Waals surface area contributed by atoms with Crippen molar-refractivity contribution in [1.82, 2.24) is 14.9 Å². The number of rotatable bonds is 7. The Labute approximate surface area is 208 Å². The van der Waals surface area contributed by atoms with Crippen molar-refractivity contribution < 1.29 is 5.11 Å². The molecule has 1 saturated carbocycles. The average Bonchev–Trinajstić information content (AvgIpc) is 2.87. The van der Waals surface area contributed by atoms with Gasteiger partial charge in [-0.15, -0.1) is 0 Å². The fourth-order valence-corrected chi connectivity index (χ4v) is 5.37.